The highest BCUT2D eigenvalue weighted by atomic mass is 19.1. The third-order valence-corrected chi connectivity index (χ3v) is 2.14. The van der Waals surface area contributed by atoms with Gasteiger partial charge in [0.25, 0.3) is 5.91 Å². The standard InChI is InChI=1S/C11H12FN3O/c1-2-15(7-3-5-13)11(16)9-4-6-14-10(12)8-9/h4,6,8H,2-3,7H2,1H3. The molecular formula is C11H12FN3O. The molecule has 1 rings (SSSR count). The van der Waals surface area contributed by atoms with E-state index in [2.05, 4.69) is 4.98 Å². The number of hydrogen-bond donors (Lipinski definition) is 0. The first-order valence-corrected chi connectivity index (χ1v) is 4.96. The molecule has 84 valence electrons. The molecule has 16 heavy (non-hydrogen) atoms. The van der Waals surface area contributed by atoms with Gasteiger partial charge in [0.1, 0.15) is 0 Å². The molecule has 1 aromatic heterocycles. The molecule has 0 bridgehead atoms. The van der Waals surface area contributed by atoms with E-state index < -0.39 is 5.95 Å². The molecular weight excluding hydrogens is 209 g/mol. The third kappa shape index (κ3) is 3.02. The quantitative estimate of drug-likeness (QED) is 0.725. The van der Waals surface area contributed by atoms with Gasteiger partial charge in [0.15, 0.2) is 0 Å². The van der Waals surface area contributed by atoms with Crippen LogP contribution in [-0.4, -0.2) is 28.9 Å². The number of aromatic nitrogens is 1. The predicted molar refractivity (Wildman–Crippen MR) is 56.0 cm³/mol. The molecule has 0 radical (unpaired) electrons. The summed E-state index contributed by atoms with van der Waals surface area (Å²) in [7, 11) is 0. The van der Waals surface area contributed by atoms with E-state index in [1.165, 1.54) is 17.2 Å². The van der Waals surface area contributed by atoms with Gasteiger partial charge in [-0.15, -0.1) is 0 Å². The lowest BCUT2D eigenvalue weighted by atomic mass is 10.2. The summed E-state index contributed by atoms with van der Waals surface area (Å²) in [5, 5.41) is 8.45. The lowest BCUT2D eigenvalue weighted by molar-refractivity contribution is 0.0767. The third-order valence-electron chi connectivity index (χ3n) is 2.14. The fourth-order valence-electron chi connectivity index (χ4n) is 1.31. The fourth-order valence-corrected chi connectivity index (χ4v) is 1.31. The molecule has 0 aliphatic heterocycles. The summed E-state index contributed by atoms with van der Waals surface area (Å²) < 4.78 is 12.8. The minimum atomic E-state index is -0.679. The second kappa shape index (κ2) is 5.81. The highest BCUT2D eigenvalue weighted by Crippen LogP contribution is 2.06. The van der Waals surface area contributed by atoms with Crippen LogP contribution in [0.5, 0.6) is 0 Å². The molecule has 5 heteroatoms. The molecule has 0 atom stereocenters. The van der Waals surface area contributed by atoms with Gasteiger partial charge < -0.3 is 4.90 Å². The Morgan fingerprint density at radius 3 is 3.00 bits per heavy atom. The van der Waals surface area contributed by atoms with Crippen LogP contribution in [0.25, 0.3) is 0 Å². The summed E-state index contributed by atoms with van der Waals surface area (Å²) >= 11 is 0. The highest BCUT2D eigenvalue weighted by Gasteiger charge is 2.14. The molecule has 1 aromatic rings. The van der Waals surface area contributed by atoms with Gasteiger partial charge in [-0.3, -0.25) is 4.79 Å². The van der Waals surface area contributed by atoms with Crippen molar-refractivity contribution in [2.45, 2.75) is 13.3 Å². The van der Waals surface area contributed by atoms with Gasteiger partial charge in [0.05, 0.1) is 12.5 Å². The van der Waals surface area contributed by atoms with Gasteiger partial charge in [-0.25, -0.2) is 4.98 Å². The van der Waals surface area contributed by atoms with Crippen molar-refractivity contribution in [3.8, 4) is 6.07 Å². The van der Waals surface area contributed by atoms with E-state index in [1.54, 1.807) is 0 Å². The minimum absolute atomic E-state index is 0.257. The van der Waals surface area contributed by atoms with Crippen LogP contribution in [0.4, 0.5) is 4.39 Å². The molecule has 1 heterocycles. The maximum Gasteiger partial charge on any atom is 0.254 e. The smallest absolute Gasteiger partial charge is 0.254 e. The van der Waals surface area contributed by atoms with E-state index in [1.807, 2.05) is 13.0 Å². The van der Waals surface area contributed by atoms with Crippen molar-refractivity contribution < 1.29 is 9.18 Å². The number of nitriles is 1. The number of nitrogens with zero attached hydrogens (tertiary/aromatic N) is 3. The van der Waals surface area contributed by atoms with Crippen molar-refractivity contribution in [3.63, 3.8) is 0 Å². The van der Waals surface area contributed by atoms with E-state index in [-0.39, 0.29) is 17.9 Å². The average molecular weight is 221 g/mol. The van der Waals surface area contributed by atoms with Gasteiger partial charge >= 0.3 is 0 Å². The van der Waals surface area contributed by atoms with Crippen molar-refractivity contribution >= 4 is 5.91 Å². The molecule has 0 spiro atoms. The normalized spacial score (nSPS) is 9.56. The van der Waals surface area contributed by atoms with E-state index in [0.717, 1.165) is 6.07 Å². The van der Waals surface area contributed by atoms with E-state index in [0.29, 0.717) is 13.1 Å². The molecule has 0 aliphatic rings. The number of rotatable bonds is 4. The van der Waals surface area contributed by atoms with Crippen LogP contribution >= 0.6 is 0 Å². The van der Waals surface area contributed by atoms with Crippen LogP contribution in [0.2, 0.25) is 0 Å². The van der Waals surface area contributed by atoms with Crippen molar-refractivity contribution in [2.24, 2.45) is 0 Å². The number of amides is 1. The predicted octanol–water partition coefficient (Wildman–Crippen LogP) is 1.60. The monoisotopic (exact) mass is 221 g/mol. The molecule has 0 fully saturated rings. The average Bonchev–Trinajstić information content (AvgIpc) is 2.29. The molecule has 0 saturated carbocycles. The lowest BCUT2D eigenvalue weighted by Gasteiger charge is -2.19. The van der Waals surface area contributed by atoms with E-state index in [9.17, 15) is 9.18 Å². The summed E-state index contributed by atoms with van der Waals surface area (Å²) in [5.74, 6) is -0.957. The van der Waals surface area contributed by atoms with Gasteiger partial charge in [0.2, 0.25) is 5.95 Å². The number of carbonyl (C=O) groups excluding carboxylic acids is 1. The van der Waals surface area contributed by atoms with Crippen LogP contribution in [0.1, 0.15) is 23.7 Å². The molecule has 0 unspecified atom stereocenters. The SMILES string of the molecule is CCN(CCC#N)C(=O)c1ccnc(F)c1. The van der Waals surface area contributed by atoms with Crippen molar-refractivity contribution in [3.05, 3.63) is 29.8 Å². The number of carbonyl (C=O) groups is 1. The van der Waals surface area contributed by atoms with Gasteiger partial charge in [-0.2, -0.15) is 9.65 Å². The maximum absolute atomic E-state index is 12.8. The van der Waals surface area contributed by atoms with E-state index in [4.69, 9.17) is 5.26 Å². The molecule has 0 saturated heterocycles. The first-order valence-electron chi connectivity index (χ1n) is 4.96. The van der Waals surface area contributed by atoms with Gasteiger partial charge in [-0.05, 0) is 13.0 Å². The van der Waals surface area contributed by atoms with Gasteiger partial charge in [0, 0.05) is 30.9 Å². The maximum atomic E-state index is 12.8. The molecule has 0 aromatic carbocycles. The number of pyridine rings is 1. The Morgan fingerprint density at radius 2 is 2.44 bits per heavy atom. The molecule has 0 aliphatic carbocycles. The zero-order chi connectivity index (χ0) is 12.0. The first kappa shape index (κ1) is 12.1. The molecule has 1 amide bonds. The highest BCUT2D eigenvalue weighted by molar-refractivity contribution is 5.94. The van der Waals surface area contributed by atoms with Crippen molar-refractivity contribution in [1.82, 2.24) is 9.88 Å². The van der Waals surface area contributed by atoms with E-state index >= 15 is 0 Å². The summed E-state index contributed by atoms with van der Waals surface area (Å²) in [4.78, 5) is 16.7. The van der Waals surface area contributed by atoms with Crippen LogP contribution in [0.15, 0.2) is 18.3 Å². The summed E-state index contributed by atoms with van der Waals surface area (Å²) in [6, 6.07) is 4.52. The Labute approximate surface area is 93.3 Å². The number of hydrogen-bond acceptors (Lipinski definition) is 3. The fraction of sp³-hybridized carbons (Fsp3) is 0.364. The van der Waals surface area contributed by atoms with Crippen LogP contribution in [-0.2, 0) is 0 Å². The Bertz CT molecular complexity index is 414. The summed E-state index contributed by atoms with van der Waals surface area (Å²) in [5.41, 5.74) is 0.257. The number of halogens is 1. The Morgan fingerprint density at radius 1 is 1.69 bits per heavy atom. The van der Waals surface area contributed by atoms with Crippen LogP contribution in [0, 0.1) is 17.3 Å². The zero-order valence-electron chi connectivity index (χ0n) is 8.98. The van der Waals surface area contributed by atoms with Crippen LogP contribution < -0.4 is 0 Å². The summed E-state index contributed by atoms with van der Waals surface area (Å²) in [6.07, 6.45) is 1.52. The first-order chi connectivity index (χ1) is 7.69. The second-order valence-electron chi connectivity index (χ2n) is 3.16. The van der Waals surface area contributed by atoms with Crippen LogP contribution in [0.3, 0.4) is 0 Å². The van der Waals surface area contributed by atoms with Gasteiger partial charge in [-0.1, -0.05) is 0 Å². The molecule has 0 N–H and O–H groups in total. The summed E-state index contributed by atoms with van der Waals surface area (Å²) in [6.45, 7) is 2.66. The molecule has 4 nitrogen and oxygen atoms in total. The Kier molecular flexibility index (Phi) is 4.40. The Hall–Kier alpha value is -1.96. The zero-order valence-corrected chi connectivity index (χ0v) is 8.98. The second-order valence-corrected chi connectivity index (χ2v) is 3.16. The lowest BCUT2D eigenvalue weighted by Crippen LogP contribution is -2.31. The largest absolute Gasteiger partial charge is 0.338 e. The Balaban J connectivity index is 2.79. The topological polar surface area (TPSA) is 57.0 Å². The minimum Gasteiger partial charge on any atom is -0.338 e. The van der Waals surface area contributed by atoms with Crippen molar-refractivity contribution in [2.75, 3.05) is 13.1 Å². The van der Waals surface area contributed by atoms with Crippen molar-refractivity contribution in [1.29, 1.82) is 5.26 Å².